The van der Waals surface area contributed by atoms with E-state index >= 15 is 0 Å². The maximum absolute atomic E-state index is 10.0. The number of hydrogen-bond acceptors (Lipinski definition) is 3. The largest absolute Gasteiger partial charge is 0.375 e. The Morgan fingerprint density at radius 3 is 2.69 bits per heavy atom. The van der Waals surface area contributed by atoms with Crippen LogP contribution in [0.15, 0.2) is 24.3 Å². The monoisotopic (exact) mass is 241 g/mol. The Labute approximate surface area is 100 Å². The number of rotatable bonds is 5. The summed E-state index contributed by atoms with van der Waals surface area (Å²) in [5.41, 5.74) is 0.812. The van der Waals surface area contributed by atoms with Crippen molar-refractivity contribution in [1.82, 2.24) is 5.32 Å². The van der Waals surface area contributed by atoms with Crippen molar-refractivity contribution in [2.45, 2.75) is 31.2 Å². The number of nitrogens with one attached hydrogen (secondary N) is 1. The summed E-state index contributed by atoms with van der Waals surface area (Å²) in [6.45, 7) is 0. The molecule has 2 atom stereocenters. The van der Waals surface area contributed by atoms with Gasteiger partial charge in [0.05, 0.1) is 0 Å². The lowest BCUT2D eigenvalue weighted by molar-refractivity contribution is -0.0317. The number of ether oxygens (including phenoxy) is 1. The van der Waals surface area contributed by atoms with Gasteiger partial charge in [0.15, 0.2) is 0 Å². The van der Waals surface area contributed by atoms with Crippen molar-refractivity contribution in [2.24, 2.45) is 0 Å². The van der Waals surface area contributed by atoms with Gasteiger partial charge in [-0.2, -0.15) is 0 Å². The fourth-order valence-electron chi connectivity index (χ4n) is 1.71. The summed E-state index contributed by atoms with van der Waals surface area (Å²) in [5, 5.41) is 13.7. The minimum Gasteiger partial charge on any atom is -0.375 e. The van der Waals surface area contributed by atoms with Crippen LogP contribution in [0.25, 0.3) is 0 Å². The highest BCUT2D eigenvalue weighted by atomic mass is 35.5. The first kappa shape index (κ1) is 11.9. The molecule has 1 aromatic carbocycles. The molecule has 1 saturated carbocycles. The molecule has 0 spiro atoms. The average Bonchev–Trinajstić information content (AvgIpc) is 3.06. The van der Waals surface area contributed by atoms with E-state index in [4.69, 9.17) is 16.3 Å². The molecule has 88 valence electrons. The molecule has 1 fully saturated rings. The van der Waals surface area contributed by atoms with Gasteiger partial charge < -0.3 is 9.84 Å². The molecule has 1 aliphatic carbocycles. The van der Waals surface area contributed by atoms with Gasteiger partial charge in [-0.1, -0.05) is 29.8 Å². The van der Waals surface area contributed by atoms with Gasteiger partial charge in [-0.15, -0.1) is 0 Å². The summed E-state index contributed by atoms with van der Waals surface area (Å²) in [6.07, 6.45) is 1.11. The number of halogens is 1. The van der Waals surface area contributed by atoms with E-state index in [0.717, 1.165) is 18.4 Å². The summed E-state index contributed by atoms with van der Waals surface area (Å²) in [5.74, 6) is 0. The third kappa shape index (κ3) is 2.74. The highest BCUT2D eigenvalue weighted by Crippen LogP contribution is 2.29. The molecule has 0 bridgehead atoms. The maximum atomic E-state index is 10.0. The topological polar surface area (TPSA) is 41.5 Å². The van der Waals surface area contributed by atoms with Crippen LogP contribution in [0.5, 0.6) is 0 Å². The van der Waals surface area contributed by atoms with Crippen molar-refractivity contribution >= 4 is 11.6 Å². The number of benzene rings is 1. The molecule has 1 aromatic rings. The van der Waals surface area contributed by atoms with Gasteiger partial charge in [-0.3, -0.25) is 5.32 Å². The Balaban J connectivity index is 2.11. The van der Waals surface area contributed by atoms with Crippen LogP contribution in [0.3, 0.4) is 0 Å². The molecule has 0 radical (unpaired) electrons. The number of aliphatic hydroxyl groups excluding tert-OH is 1. The zero-order chi connectivity index (χ0) is 11.5. The van der Waals surface area contributed by atoms with Gasteiger partial charge in [0.1, 0.15) is 12.3 Å². The van der Waals surface area contributed by atoms with Crippen molar-refractivity contribution in [3.63, 3.8) is 0 Å². The molecule has 4 heteroatoms. The molecule has 1 aliphatic rings. The summed E-state index contributed by atoms with van der Waals surface area (Å²) in [7, 11) is 1.58. The fourth-order valence-corrected chi connectivity index (χ4v) is 1.95. The third-order valence-corrected chi connectivity index (χ3v) is 3.08. The van der Waals surface area contributed by atoms with Crippen molar-refractivity contribution in [3.8, 4) is 0 Å². The van der Waals surface area contributed by atoms with Crippen LogP contribution >= 0.6 is 11.6 Å². The van der Waals surface area contributed by atoms with E-state index in [1.807, 2.05) is 18.2 Å². The van der Waals surface area contributed by atoms with Crippen molar-refractivity contribution < 1.29 is 9.84 Å². The first-order valence-corrected chi connectivity index (χ1v) is 5.81. The molecule has 3 nitrogen and oxygen atoms in total. The highest BCUT2D eigenvalue weighted by molar-refractivity contribution is 6.31. The molecule has 0 amide bonds. The molecule has 0 unspecified atom stereocenters. The van der Waals surface area contributed by atoms with Crippen LogP contribution < -0.4 is 5.32 Å². The molecule has 2 N–H and O–H groups in total. The van der Waals surface area contributed by atoms with E-state index in [0.29, 0.717) is 11.1 Å². The van der Waals surface area contributed by atoms with Gasteiger partial charge in [-0.25, -0.2) is 0 Å². The van der Waals surface area contributed by atoms with Gasteiger partial charge >= 0.3 is 0 Å². The second-order valence-electron chi connectivity index (χ2n) is 4.06. The SMILES string of the molecule is CO[C@H](c1ccccc1Cl)[C@H](O)NC1CC1. The summed E-state index contributed by atoms with van der Waals surface area (Å²) in [4.78, 5) is 0. The molecule has 16 heavy (non-hydrogen) atoms. The van der Waals surface area contributed by atoms with Crippen LogP contribution in [-0.2, 0) is 4.74 Å². The third-order valence-electron chi connectivity index (χ3n) is 2.74. The number of aliphatic hydroxyl groups is 1. The predicted octanol–water partition coefficient (Wildman–Crippen LogP) is 2.10. The molecular formula is C12H16ClNO2. The zero-order valence-electron chi connectivity index (χ0n) is 9.19. The van der Waals surface area contributed by atoms with Crippen LogP contribution in [-0.4, -0.2) is 24.5 Å². The first-order valence-electron chi connectivity index (χ1n) is 5.43. The molecule has 0 aromatic heterocycles. The molecule has 0 saturated heterocycles. The van der Waals surface area contributed by atoms with Gasteiger partial charge in [-0.05, 0) is 18.9 Å². The van der Waals surface area contributed by atoms with E-state index in [1.165, 1.54) is 0 Å². The molecule has 2 rings (SSSR count). The zero-order valence-corrected chi connectivity index (χ0v) is 9.95. The van der Waals surface area contributed by atoms with E-state index in [2.05, 4.69) is 5.32 Å². The fraction of sp³-hybridized carbons (Fsp3) is 0.500. The van der Waals surface area contributed by atoms with Crippen LogP contribution in [0, 0.1) is 0 Å². The Morgan fingerprint density at radius 1 is 1.44 bits per heavy atom. The normalized spacial score (nSPS) is 19.4. The maximum Gasteiger partial charge on any atom is 0.135 e. The smallest absolute Gasteiger partial charge is 0.135 e. The van der Waals surface area contributed by atoms with Gasteiger partial charge in [0.2, 0.25) is 0 Å². The minimum atomic E-state index is -0.711. The van der Waals surface area contributed by atoms with Crippen LogP contribution in [0.2, 0.25) is 5.02 Å². The second-order valence-corrected chi connectivity index (χ2v) is 4.47. The standard InChI is InChI=1S/C12H16ClNO2/c1-16-11(12(15)14-8-6-7-8)9-4-2-3-5-10(9)13/h2-5,8,11-12,14-15H,6-7H2,1H3/t11-,12+/m1/s1. The average molecular weight is 242 g/mol. The summed E-state index contributed by atoms with van der Waals surface area (Å²) >= 11 is 6.08. The predicted molar refractivity (Wildman–Crippen MR) is 63.4 cm³/mol. The Morgan fingerprint density at radius 2 is 2.12 bits per heavy atom. The lowest BCUT2D eigenvalue weighted by Crippen LogP contribution is -2.37. The number of methoxy groups -OCH3 is 1. The first-order chi connectivity index (χ1) is 7.72. The van der Waals surface area contributed by atoms with Crippen molar-refractivity contribution in [3.05, 3.63) is 34.9 Å². The summed E-state index contributed by atoms with van der Waals surface area (Å²) in [6, 6.07) is 7.84. The van der Waals surface area contributed by atoms with Crippen molar-refractivity contribution in [2.75, 3.05) is 7.11 Å². The van der Waals surface area contributed by atoms with E-state index in [-0.39, 0.29) is 0 Å². The van der Waals surface area contributed by atoms with Gasteiger partial charge in [0.25, 0.3) is 0 Å². The lowest BCUT2D eigenvalue weighted by atomic mass is 10.1. The van der Waals surface area contributed by atoms with Gasteiger partial charge in [0, 0.05) is 23.7 Å². The summed E-state index contributed by atoms with van der Waals surface area (Å²) < 4.78 is 5.31. The van der Waals surface area contributed by atoms with Crippen LogP contribution in [0.4, 0.5) is 0 Å². The molecule has 0 aliphatic heterocycles. The molecule has 0 heterocycles. The lowest BCUT2D eigenvalue weighted by Gasteiger charge is -2.23. The number of hydrogen-bond donors (Lipinski definition) is 2. The quantitative estimate of drug-likeness (QED) is 0.776. The van der Waals surface area contributed by atoms with Crippen molar-refractivity contribution in [1.29, 1.82) is 0 Å². The molecular weight excluding hydrogens is 226 g/mol. The van der Waals surface area contributed by atoms with Crippen LogP contribution in [0.1, 0.15) is 24.5 Å². The van der Waals surface area contributed by atoms with E-state index in [1.54, 1.807) is 13.2 Å². The minimum absolute atomic E-state index is 0.422. The Bertz CT molecular complexity index is 355. The highest BCUT2D eigenvalue weighted by Gasteiger charge is 2.29. The van der Waals surface area contributed by atoms with E-state index in [9.17, 15) is 5.11 Å². The van der Waals surface area contributed by atoms with E-state index < -0.39 is 12.3 Å². The Hall–Kier alpha value is -0.610. The Kier molecular flexibility index (Phi) is 3.82. The second kappa shape index (κ2) is 5.15.